The predicted molar refractivity (Wildman–Crippen MR) is 89.5 cm³/mol. The number of halogens is 1. The highest BCUT2D eigenvalue weighted by Crippen LogP contribution is 2.20. The Kier molecular flexibility index (Phi) is 4.73. The molecule has 0 spiro atoms. The molecule has 0 aliphatic rings. The third-order valence-electron chi connectivity index (χ3n) is 3.30. The summed E-state index contributed by atoms with van der Waals surface area (Å²) in [6.07, 6.45) is 0. The highest BCUT2D eigenvalue weighted by molar-refractivity contribution is 7.12. The molecule has 0 aliphatic carbocycles. The molecule has 0 aliphatic heterocycles. The summed E-state index contributed by atoms with van der Waals surface area (Å²) in [6.45, 7) is 2.77. The topological polar surface area (TPSA) is 59.2 Å². The van der Waals surface area contributed by atoms with Crippen LogP contribution < -0.4 is 0 Å². The van der Waals surface area contributed by atoms with Crippen LogP contribution >= 0.6 is 22.9 Å². The van der Waals surface area contributed by atoms with E-state index in [1.807, 2.05) is 36.6 Å². The van der Waals surface area contributed by atoms with Crippen LogP contribution in [0, 0.1) is 0 Å². The molecular formula is C16H14ClN3O2S. The molecule has 0 radical (unpaired) electrons. The van der Waals surface area contributed by atoms with Crippen LogP contribution in [0.5, 0.6) is 0 Å². The molecule has 0 atom stereocenters. The third-order valence-corrected chi connectivity index (χ3v) is 4.41. The van der Waals surface area contributed by atoms with Crippen molar-refractivity contribution in [1.82, 2.24) is 15.0 Å². The number of aromatic nitrogens is 2. The Morgan fingerprint density at radius 3 is 2.74 bits per heavy atom. The molecule has 3 rings (SSSR count). The Morgan fingerprint density at radius 1 is 1.30 bits per heavy atom. The van der Waals surface area contributed by atoms with Crippen LogP contribution in [-0.2, 0) is 6.54 Å². The quantitative estimate of drug-likeness (QED) is 0.696. The van der Waals surface area contributed by atoms with Crippen LogP contribution in [0.2, 0.25) is 5.02 Å². The fraction of sp³-hybridized carbons (Fsp3) is 0.188. The van der Waals surface area contributed by atoms with E-state index in [1.54, 1.807) is 17.0 Å². The zero-order valence-corrected chi connectivity index (χ0v) is 14.0. The minimum atomic E-state index is -0.0336. The first-order valence-electron chi connectivity index (χ1n) is 7.08. The first kappa shape index (κ1) is 15.7. The van der Waals surface area contributed by atoms with Gasteiger partial charge in [0.2, 0.25) is 11.7 Å². The SMILES string of the molecule is CCN(Cc1nc(-c2ccc(Cl)cc2)no1)C(=O)c1cccs1. The lowest BCUT2D eigenvalue weighted by Crippen LogP contribution is -2.29. The van der Waals surface area contributed by atoms with Gasteiger partial charge in [-0.05, 0) is 42.6 Å². The van der Waals surface area contributed by atoms with Gasteiger partial charge in [0, 0.05) is 17.1 Å². The fourth-order valence-electron chi connectivity index (χ4n) is 2.08. The molecular weight excluding hydrogens is 334 g/mol. The molecule has 2 heterocycles. The smallest absolute Gasteiger partial charge is 0.264 e. The zero-order valence-electron chi connectivity index (χ0n) is 12.4. The monoisotopic (exact) mass is 347 g/mol. The van der Waals surface area contributed by atoms with Gasteiger partial charge in [0.1, 0.15) is 6.54 Å². The lowest BCUT2D eigenvalue weighted by molar-refractivity contribution is 0.0739. The Balaban J connectivity index is 1.75. The molecule has 0 saturated carbocycles. The highest BCUT2D eigenvalue weighted by atomic mass is 35.5. The second kappa shape index (κ2) is 6.93. The summed E-state index contributed by atoms with van der Waals surface area (Å²) < 4.78 is 5.26. The van der Waals surface area contributed by atoms with Crippen molar-refractivity contribution in [3.8, 4) is 11.4 Å². The highest BCUT2D eigenvalue weighted by Gasteiger charge is 2.18. The average Bonchev–Trinajstić information content (AvgIpc) is 3.24. The number of benzene rings is 1. The Labute approximate surface area is 142 Å². The number of nitrogens with zero attached hydrogens (tertiary/aromatic N) is 3. The van der Waals surface area contributed by atoms with Gasteiger partial charge >= 0.3 is 0 Å². The summed E-state index contributed by atoms with van der Waals surface area (Å²) in [6, 6.07) is 10.9. The number of carbonyl (C=O) groups excluding carboxylic acids is 1. The first-order valence-corrected chi connectivity index (χ1v) is 8.34. The van der Waals surface area contributed by atoms with Gasteiger partial charge in [0.25, 0.3) is 5.91 Å². The predicted octanol–water partition coefficient (Wildman–Crippen LogP) is 4.11. The summed E-state index contributed by atoms with van der Waals surface area (Å²) in [5.41, 5.74) is 0.817. The largest absolute Gasteiger partial charge is 0.337 e. The summed E-state index contributed by atoms with van der Waals surface area (Å²) in [7, 11) is 0. The molecule has 118 valence electrons. The molecule has 5 nitrogen and oxygen atoms in total. The Bertz CT molecular complexity index is 784. The van der Waals surface area contributed by atoms with E-state index in [1.165, 1.54) is 11.3 Å². The minimum Gasteiger partial charge on any atom is -0.337 e. The summed E-state index contributed by atoms with van der Waals surface area (Å²) >= 11 is 7.29. The average molecular weight is 348 g/mol. The number of hydrogen-bond donors (Lipinski definition) is 0. The van der Waals surface area contributed by atoms with Crippen LogP contribution in [0.4, 0.5) is 0 Å². The van der Waals surface area contributed by atoms with Crippen molar-refractivity contribution < 1.29 is 9.32 Å². The summed E-state index contributed by atoms with van der Waals surface area (Å²) in [5.74, 6) is 0.853. The molecule has 0 unspecified atom stereocenters. The number of amides is 1. The molecule has 3 aromatic rings. The minimum absolute atomic E-state index is 0.0336. The van der Waals surface area contributed by atoms with Gasteiger partial charge in [0.05, 0.1) is 4.88 Å². The number of hydrogen-bond acceptors (Lipinski definition) is 5. The van der Waals surface area contributed by atoms with Crippen molar-refractivity contribution in [2.75, 3.05) is 6.54 Å². The molecule has 2 aromatic heterocycles. The van der Waals surface area contributed by atoms with Crippen molar-refractivity contribution in [3.63, 3.8) is 0 Å². The van der Waals surface area contributed by atoms with Crippen LogP contribution in [0.25, 0.3) is 11.4 Å². The van der Waals surface area contributed by atoms with E-state index < -0.39 is 0 Å². The summed E-state index contributed by atoms with van der Waals surface area (Å²) in [5, 5.41) is 6.49. The van der Waals surface area contributed by atoms with Crippen molar-refractivity contribution >= 4 is 28.8 Å². The molecule has 7 heteroatoms. The second-order valence-corrected chi connectivity index (χ2v) is 6.20. The van der Waals surface area contributed by atoms with Gasteiger partial charge in [-0.2, -0.15) is 4.98 Å². The van der Waals surface area contributed by atoms with Crippen molar-refractivity contribution in [2.24, 2.45) is 0 Å². The number of thiophene rings is 1. The van der Waals surface area contributed by atoms with E-state index in [4.69, 9.17) is 16.1 Å². The molecule has 0 saturated heterocycles. The molecule has 1 aromatic carbocycles. The fourth-order valence-corrected chi connectivity index (χ4v) is 2.90. The van der Waals surface area contributed by atoms with Gasteiger partial charge in [-0.1, -0.05) is 22.8 Å². The maximum atomic E-state index is 12.4. The lowest BCUT2D eigenvalue weighted by atomic mass is 10.2. The van der Waals surface area contributed by atoms with Gasteiger partial charge in [-0.3, -0.25) is 4.79 Å². The van der Waals surface area contributed by atoms with Crippen LogP contribution in [0.1, 0.15) is 22.5 Å². The maximum absolute atomic E-state index is 12.4. The van der Waals surface area contributed by atoms with Crippen molar-refractivity contribution in [1.29, 1.82) is 0 Å². The Morgan fingerprint density at radius 2 is 2.09 bits per heavy atom. The first-order chi connectivity index (χ1) is 11.2. The maximum Gasteiger partial charge on any atom is 0.264 e. The van der Waals surface area contributed by atoms with Crippen molar-refractivity contribution in [3.05, 3.63) is 57.6 Å². The Hall–Kier alpha value is -2.18. The van der Waals surface area contributed by atoms with Gasteiger partial charge in [-0.25, -0.2) is 0 Å². The van der Waals surface area contributed by atoms with Crippen molar-refractivity contribution in [2.45, 2.75) is 13.5 Å². The normalized spacial score (nSPS) is 10.7. The third kappa shape index (κ3) is 3.60. The van der Waals surface area contributed by atoms with Gasteiger partial charge in [-0.15, -0.1) is 11.3 Å². The molecule has 0 bridgehead atoms. The van der Waals surface area contributed by atoms with E-state index in [-0.39, 0.29) is 12.5 Å². The zero-order chi connectivity index (χ0) is 16.2. The molecule has 23 heavy (non-hydrogen) atoms. The summed E-state index contributed by atoms with van der Waals surface area (Å²) in [4.78, 5) is 19.1. The second-order valence-electron chi connectivity index (χ2n) is 4.82. The van der Waals surface area contributed by atoms with Gasteiger partial charge < -0.3 is 9.42 Å². The molecule has 1 amide bonds. The molecule has 0 fully saturated rings. The van der Waals surface area contributed by atoms with Crippen LogP contribution in [0.15, 0.2) is 46.3 Å². The standard InChI is InChI=1S/C16H14ClN3O2S/c1-2-20(16(21)13-4-3-9-23-13)10-14-18-15(19-22-14)11-5-7-12(17)8-6-11/h3-9H,2,10H2,1H3. The van der Waals surface area contributed by atoms with E-state index >= 15 is 0 Å². The van der Waals surface area contributed by atoms with E-state index in [0.29, 0.717) is 28.2 Å². The van der Waals surface area contributed by atoms with Crippen LogP contribution in [0.3, 0.4) is 0 Å². The van der Waals surface area contributed by atoms with Crippen LogP contribution in [-0.4, -0.2) is 27.5 Å². The molecule has 0 N–H and O–H groups in total. The van der Waals surface area contributed by atoms with E-state index in [0.717, 1.165) is 5.56 Å². The van der Waals surface area contributed by atoms with E-state index in [2.05, 4.69) is 10.1 Å². The van der Waals surface area contributed by atoms with E-state index in [9.17, 15) is 4.79 Å². The number of carbonyl (C=O) groups is 1. The lowest BCUT2D eigenvalue weighted by Gasteiger charge is -2.17. The number of rotatable bonds is 5. The van der Waals surface area contributed by atoms with Gasteiger partial charge in [0.15, 0.2) is 0 Å².